The van der Waals surface area contributed by atoms with Crippen LogP contribution in [0.25, 0.3) is 0 Å². The van der Waals surface area contributed by atoms with Gasteiger partial charge in [-0.2, -0.15) is 0 Å². The Balaban J connectivity index is 1.60. The molecule has 0 spiro atoms. The van der Waals surface area contributed by atoms with Gasteiger partial charge in [0.2, 0.25) is 0 Å². The zero-order valence-electron chi connectivity index (χ0n) is 10.2. The van der Waals surface area contributed by atoms with Gasteiger partial charge in [-0.05, 0) is 48.6 Å². The number of aryl methyl sites for hydroxylation is 1. The molecule has 0 aliphatic carbocycles. The molecule has 0 radical (unpaired) electrons. The molecule has 1 atom stereocenters. The van der Waals surface area contributed by atoms with Gasteiger partial charge in [-0.1, -0.05) is 18.2 Å². The molecule has 0 bridgehead atoms. The Morgan fingerprint density at radius 3 is 3.00 bits per heavy atom. The molecule has 1 aliphatic heterocycles. The topological polar surface area (TPSA) is 38.9 Å². The van der Waals surface area contributed by atoms with Gasteiger partial charge in [0.05, 0.1) is 0 Å². The van der Waals surface area contributed by atoms with Crippen molar-refractivity contribution in [3.63, 3.8) is 0 Å². The molecule has 1 aromatic heterocycles. The second-order valence-corrected chi connectivity index (χ2v) is 6.02. The fourth-order valence-corrected chi connectivity index (χ4v) is 3.71. The van der Waals surface area contributed by atoms with Crippen molar-refractivity contribution >= 4 is 17.6 Å². The van der Waals surface area contributed by atoms with Crippen molar-refractivity contribution in [1.29, 1.82) is 0 Å². The molecule has 0 fully saturated rings. The summed E-state index contributed by atoms with van der Waals surface area (Å²) in [6, 6.07) is 12.8. The fraction of sp³-hybridized carbons (Fsp3) is 0.267. The van der Waals surface area contributed by atoms with Crippen molar-refractivity contribution in [2.45, 2.75) is 29.4 Å². The molecular weight excluding hydrogens is 240 g/mol. The second-order valence-electron chi connectivity index (χ2n) is 4.68. The maximum absolute atomic E-state index is 5.69. The highest BCUT2D eigenvalue weighted by Gasteiger charge is 2.21. The van der Waals surface area contributed by atoms with Crippen LogP contribution in [0.1, 0.15) is 17.5 Å². The van der Waals surface area contributed by atoms with Gasteiger partial charge in [0, 0.05) is 16.3 Å². The second kappa shape index (κ2) is 5.02. The molecule has 2 N–H and O–H groups in total. The lowest BCUT2D eigenvalue weighted by Crippen LogP contribution is -2.03. The van der Waals surface area contributed by atoms with Crippen molar-refractivity contribution in [3.8, 4) is 0 Å². The van der Waals surface area contributed by atoms with Crippen LogP contribution in [-0.2, 0) is 12.8 Å². The largest absolute Gasteiger partial charge is 0.384 e. The van der Waals surface area contributed by atoms with E-state index in [9.17, 15) is 0 Å². The van der Waals surface area contributed by atoms with Crippen LogP contribution in [0.15, 0.2) is 47.5 Å². The average Bonchev–Trinajstić information content (AvgIpc) is 2.79. The number of nitrogens with zero attached hydrogens (tertiary/aromatic N) is 1. The molecule has 18 heavy (non-hydrogen) atoms. The highest BCUT2D eigenvalue weighted by molar-refractivity contribution is 8.00. The number of rotatable bonds is 3. The van der Waals surface area contributed by atoms with E-state index in [4.69, 9.17) is 5.73 Å². The van der Waals surface area contributed by atoms with E-state index in [-0.39, 0.29) is 0 Å². The van der Waals surface area contributed by atoms with Crippen molar-refractivity contribution in [3.05, 3.63) is 53.7 Å². The zero-order chi connectivity index (χ0) is 12.4. The summed E-state index contributed by atoms with van der Waals surface area (Å²) >= 11 is 2.01. The molecule has 1 aromatic carbocycles. The van der Waals surface area contributed by atoms with Crippen LogP contribution in [0.4, 0.5) is 5.82 Å². The first kappa shape index (κ1) is 11.6. The lowest BCUT2D eigenvalue weighted by atomic mass is 10.0. The molecular formula is C15H16N2S. The van der Waals surface area contributed by atoms with E-state index in [1.807, 2.05) is 17.8 Å². The quantitative estimate of drug-likeness (QED) is 0.915. The van der Waals surface area contributed by atoms with Gasteiger partial charge in [0.1, 0.15) is 5.82 Å². The molecule has 92 valence electrons. The summed E-state index contributed by atoms with van der Waals surface area (Å²) in [6.45, 7) is 0. The van der Waals surface area contributed by atoms with Crippen LogP contribution >= 0.6 is 11.8 Å². The van der Waals surface area contributed by atoms with Gasteiger partial charge in [0.15, 0.2) is 0 Å². The molecule has 1 unspecified atom stereocenters. The summed E-state index contributed by atoms with van der Waals surface area (Å²) in [5.41, 5.74) is 8.49. The minimum atomic E-state index is 0.620. The number of thioether (sulfide) groups is 1. The lowest BCUT2D eigenvalue weighted by molar-refractivity contribution is 0.762. The van der Waals surface area contributed by atoms with E-state index in [2.05, 4.69) is 35.3 Å². The third-order valence-corrected chi connectivity index (χ3v) is 4.70. The maximum atomic E-state index is 5.69. The number of benzene rings is 1. The van der Waals surface area contributed by atoms with Gasteiger partial charge in [-0.25, -0.2) is 4.98 Å². The molecule has 2 aromatic rings. The first-order valence-corrected chi connectivity index (χ1v) is 7.14. The molecule has 0 amide bonds. The molecule has 3 heteroatoms. The van der Waals surface area contributed by atoms with Crippen molar-refractivity contribution in [2.75, 3.05) is 5.73 Å². The van der Waals surface area contributed by atoms with E-state index in [0.29, 0.717) is 11.1 Å². The monoisotopic (exact) mass is 256 g/mol. The van der Waals surface area contributed by atoms with E-state index < -0.39 is 0 Å². The van der Waals surface area contributed by atoms with E-state index in [0.717, 1.165) is 6.42 Å². The van der Waals surface area contributed by atoms with Crippen LogP contribution in [0.2, 0.25) is 0 Å². The number of pyridine rings is 1. The third kappa shape index (κ3) is 2.51. The van der Waals surface area contributed by atoms with Crippen LogP contribution in [0.3, 0.4) is 0 Å². The predicted molar refractivity (Wildman–Crippen MR) is 76.8 cm³/mol. The highest BCUT2D eigenvalue weighted by Crippen LogP contribution is 2.38. The van der Waals surface area contributed by atoms with Crippen LogP contribution in [-0.4, -0.2) is 10.2 Å². The number of anilines is 1. The SMILES string of the molecule is Nc1cc(CCC2Cc3ccccc3S2)ccn1. The normalized spacial score (nSPS) is 17.7. The summed E-state index contributed by atoms with van der Waals surface area (Å²) in [4.78, 5) is 5.48. The van der Waals surface area contributed by atoms with E-state index >= 15 is 0 Å². The van der Waals surface area contributed by atoms with Crippen LogP contribution in [0.5, 0.6) is 0 Å². The van der Waals surface area contributed by atoms with Gasteiger partial charge in [0.25, 0.3) is 0 Å². The minimum absolute atomic E-state index is 0.620. The Morgan fingerprint density at radius 1 is 1.28 bits per heavy atom. The number of hydrogen-bond donors (Lipinski definition) is 1. The number of fused-ring (bicyclic) bond motifs is 1. The maximum Gasteiger partial charge on any atom is 0.123 e. The Morgan fingerprint density at radius 2 is 2.17 bits per heavy atom. The Kier molecular flexibility index (Phi) is 3.24. The predicted octanol–water partition coefficient (Wildman–Crippen LogP) is 3.31. The molecule has 1 aliphatic rings. The zero-order valence-corrected chi connectivity index (χ0v) is 11.0. The summed E-state index contributed by atoms with van der Waals surface area (Å²) in [6.07, 6.45) is 5.27. The van der Waals surface area contributed by atoms with Gasteiger partial charge in [-0.15, -0.1) is 11.8 Å². The molecule has 3 rings (SSSR count). The van der Waals surface area contributed by atoms with E-state index in [1.165, 1.54) is 28.9 Å². The first-order chi connectivity index (χ1) is 8.81. The Labute approximate surface area is 112 Å². The Hall–Kier alpha value is -1.48. The lowest BCUT2D eigenvalue weighted by Gasteiger charge is -2.08. The summed E-state index contributed by atoms with van der Waals surface area (Å²) < 4.78 is 0. The fourth-order valence-electron chi connectivity index (χ4n) is 2.39. The summed E-state index contributed by atoms with van der Waals surface area (Å²) in [7, 11) is 0. The van der Waals surface area contributed by atoms with Gasteiger partial charge >= 0.3 is 0 Å². The smallest absolute Gasteiger partial charge is 0.123 e. The van der Waals surface area contributed by atoms with Crippen molar-refractivity contribution in [2.24, 2.45) is 0 Å². The van der Waals surface area contributed by atoms with Gasteiger partial charge in [-0.3, -0.25) is 0 Å². The average molecular weight is 256 g/mol. The molecule has 0 saturated carbocycles. The highest BCUT2D eigenvalue weighted by atomic mass is 32.2. The van der Waals surface area contributed by atoms with Crippen molar-refractivity contribution in [1.82, 2.24) is 4.98 Å². The Bertz CT molecular complexity index is 529. The van der Waals surface area contributed by atoms with Crippen molar-refractivity contribution < 1.29 is 0 Å². The summed E-state index contributed by atoms with van der Waals surface area (Å²) in [5, 5.41) is 0.705. The van der Waals surface area contributed by atoms with E-state index in [1.54, 1.807) is 6.20 Å². The standard InChI is InChI=1S/C15H16N2S/c16-15-9-11(7-8-17-15)5-6-13-10-12-3-1-2-4-14(12)18-13/h1-4,7-9,13H,5-6,10H2,(H2,16,17). The number of hydrogen-bond acceptors (Lipinski definition) is 3. The number of nitrogens with two attached hydrogens (primary N) is 1. The third-order valence-electron chi connectivity index (χ3n) is 3.31. The van der Waals surface area contributed by atoms with Crippen LogP contribution < -0.4 is 5.73 Å². The molecule has 2 heterocycles. The molecule has 0 saturated heterocycles. The molecule has 2 nitrogen and oxygen atoms in total. The number of aromatic nitrogens is 1. The number of nitrogen functional groups attached to an aromatic ring is 1. The van der Waals surface area contributed by atoms with Gasteiger partial charge < -0.3 is 5.73 Å². The van der Waals surface area contributed by atoms with Crippen LogP contribution in [0, 0.1) is 0 Å². The minimum Gasteiger partial charge on any atom is -0.384 e. The first-order valence-electron chi connectivity index (χ1n) is 6.26. The summed E-state index contributed by atoms with van der Waals surface area (Å²) in [5.74, 6) is 0.620.